The Labute approximate surface area is 239 Å². The Hall–Kier alpha value is -2.08. The van der Waals surface area contributed by atoms with Gasteiger partial charge in [0.15, 0.2) is 18.0 Å². The van der Waals surface area contributed by atoms with Gasteiger partial charge in [0.25, 0.3) is 0 Å². The first-order chi connectivity index (χ1) is 18.5. The third kappa shape index (κ3) is 4.48. The predicted octanol–water partition coefficient (Wildman–Crippen LogP) is 3.91. The summed E-state index contributed by atoms with van der Waals surface area (Å²) in [5.74, 6) is -3.38. The highest BCUT2D eigenvalue weighted by Gasteiger charge is 2.77. The van der Waals surface area contributed by atoms with Crippen molar-refractivity contribution in [1.82, 2.24) is 0 Å². The van der Waals surface area contributed by atoms with Crippen LogP contribution in [0.5, 0.6) is 0 Å². The fourth-order valence-corrected chi connectivity index (χ4v) is 9.35. The summed E-state index contributed by atoms with van der Waals surface area (Å²) in [5.41, 5.74) is -3.24. The van der Waals surface area contributed by atoms with Crippen LogP contribution in [0.4, 0.5) is 0 Å². The number of rotatable bonds is 8. The lowest BCUT2D eigenvalue weighted by Crippen LogP contribution is -2.70. The number of hydrogen-bond donors (Lipinski definition) is 1. The summed E-state index contributed by atoms with van der Waals surface area (Å²) >= 11 is 7.55. The lowest BCUT2D eigenvalue weighted by Gasteiger charge is -2.64. The number of ketones is 2. The SMILES string of the molecule is CCC(=O)OCC(=O)[C@@]1(OC(=O)CC)[C@@H](C)C[C@H]2[C@@H]3CCC4=CC(=O)C=C[C@]4(C)C3(Cl)[C@@H](OS(=O)(=O)O)C[C@@]21C. The average Bonchev–Trinajstić information content (AvgIpc) is 3.09. The highest BCUT2D eigenvalue weighted by atomic mass is 35.5. The Morgan fingerprint density at radius 2 is 1.77 bits per heavy atom. The van der Waals surface area contributed by atoms with E-state index in [0.717, 1.165) is 5.57 Å². The molecule has 0 saturated heterocycles. The highest BCUT2D eigenvalue weighted by molar-refractivity contribution is 7.80. The van der Waals surface area contributed by atoms with E-state index in [1.807, 2.05) is 6.92 Å². The maximum Gasteiger partial charge on any atom is 0.397 e. The molecule has 12 heteroatoms. The molecule has 0 spiro atoms. The van der Waals surface area contributed by atoms with E-state index in [4.69, 9.17) is 25.3 Å². The van der Waals surface area contributed by atoms with Crippen LogP contribution in [0.25, 0.3) is 0 Å². The first-order valence-corrected chi connectivity index (χ1v) is 15.4. The number of alkyl halides is 1. The molecule has 3 fully saturated rings. The fraction of sp³-hybridized carbons (Fsp3) is 0.714. The normalized spacial score (nSPS) is 40.4. The summed E-state index contributed by atoms with van der Waals surface area (Å²) < 4.78 is 50.8. The molecule has 0 heterocycles. The largest absolute Gasteiger partial charge is 0.457 e. The number of allylic oxidation sites excluding steroid dienone is 4. The minimum absolute atomic E-state index is 0.0177. The zero-order valence-corrected chi connectivity index (χ0v) is 25.0. The van der Waals surface area contributed by atoms with Crippen molar-refractivity contribution >= 4 is 45.5 Å². The van der Waals surface area contributed by atoms with Crippen molar-refractivity contribution in [2.24, 2.45) is 28.6 Å². The number of carbonyl (C=O) groups is 4. The molecule has 0 amide bonds. The number of fused-ring (bicyclic) bond motifs is 5. The molecule has 8 atom stereocenters. The topological polar surface area (TPSA) is 150 Å². The van der Waals surface area contributed by atoms with Crippen molar-refractivity contribution in [3.05, 3.63) is 23.8 Å². The summed E-state index contributed by atoms with van der Waals surface area (Å²) in [6.07, 6.45) is 4.43. The molecule has 0 aromatic rings. The third-order valence-electron chi connectivity index (χ3n) is 10.0. The van der Waals surface area contributed by atoms with E-state index in [0.29, 0.717) is 19.3 Å². The van der Waals surface area contributed by atoms with Crippen molar-refractivity contribution in [3.8, 4) is 0 Å². The van der Waals surface area contributed by atoms with Crippen LogP contribution in [0, 0.1) is 28.6 Å². The van der Waals surface area contributed by atoms with Gasteiger partial charge in [-0.1, -0.05) is 46.3 Å². The van der Waals surface area contributed by atoms with E-state index < -0.39 is 74.0 Å². The maximum atomic E-state index is 14.0. The van der Waals surface area contributed by atoms with Gasteiger partial charge in [-0.15, -0.1) is 11.6 Å². The highest BCUT2D eigenvalue weighted by Crippen LogP contribution is 2.72. The number of esters is 2. The lowest BCUT2D eigenvalue weighted by atomic mass is 9.45. The number of Topliss-reactive ketones (excluding diaryl/α,β-unsaturated/α-hetero) is 1. The van der Waals surface area contributed by atoms with Crippen molar-refractivity contribution in [2.45, 2.75) is 89.7 Å². The second-order valence-corrected chi connectivity index (χ2v) is 13.6. The second-order valence-electron chi connectivity index (χ2n) is 11.9. The number of ether oxygens (including phenoxy) is 2. The van der Waals surface area contributed by atoms with Gasteiger partial charge in [-0.25, -0.2) is 4.18 Å². The smallest absolute Gasteiger partial charge is 0.397 e. The van der Waals surface area contributed by atoms with E-state index in [9.17, 15) is 32.1 Å². The Kier molecular flexibility index (Phi) is 7.97. The van der Waals surface area contributed by atoms with Crippen LogP contribution in [0.1, 0.15) is 73.1 Å². The summed E-state index contributed by atoms with van der Waals surface area (Å²) in [6, 6.07) is 0. The molecule has 1 unspecified atom stereocenters. The zero-order valence-electron chi connectivity index (χ0n) is 23.4. The van der Waals surface area contributed by atoms with E-state index in [2.05, 4.69) is 0 Å². The lowest BCUT2D eigenvalue weighted by molar-refractivity contribution is -0.202. The molecule has 0 radical (unpaired) electrons. The quantitative estimate of drug-likeness (QED) is 0.247. The monoisotopic (exact) mass is 600 g/mol. The van der Waals surface area contributed by atoms with E-state index in [1.165, 1.54) is 12.2 Å². The summed E-state index contributed by atoms with van der Waals surface area (Å²) in [4.78, 5) is 49.6. The van der Waals surface area contributed by atoms with Crippen LogP contribution < -0.4 is 0 Å². The standard InChI is InChI=1S/C28H37ClO10S/c1-6-23(32)37-15-21(31)28(38-24(33)7-2)16(3)12-20-19-9-8-17-13-18(30)10-11-25(17,4)27(19,29)22(14-26(20,28)5)39-40(34,35)36/h10-11,13,16,19-20,22H,6-9,12,14-15H2,1-5H3,(H,34,35,36)/t16-,19-,20-,22-,25-,26-,27?,28-/m0/s1. The van der Waals surface area contributed by atoms with Gasteiger partial charge < -0.3 is 9.47 Å². The zero-order chi connectivity index (χ0) is 29.9. The Bertz CT molecular complexity index is 1290. The number of carbonyl (C=O) groups excluding carboxylic acids is 4. The molecule has 4 aliphatic rings. The summed E-state index contributed by atoms with van der Waals surface area (Å²) in [5, 5.41) is 0. The van der Waals surface area contributed by atoms with Gasteiger partial charge in [0.2, 0.25) is 5.78 Å². The van der Waals surface area contributed by atoms with Gasteiger partial charge in [-0.2, -0.15) is 8.42 Å². The molecule has 1 N–H and O–H groups in total. The fourth-order valence-electron chi connectivity index (χ4n) is 8.22. The van der Waals surface area contributed by atoms with Crippen LogP contribution in [0.15, 0.2) is 23.8 Å². The van der Waals surface area contributed by atoms with Gasteiger partial charge in [0.05, 0.1) is 4.87 Å². The molecule has 40 heavy (non-hydrogen) atoms. The van der Waals surface area contributed by atoms with E-state index >= 15 is 0 Å². The molecule has 0 bridgehead atoms. The van der Waals surface area contributed by atoms with Crippen LogP contribution in [-0.2, 0) is 43.2 Å². The van der Waals surface area contributed by atoms with Crippen molar-refractivity contribution in [1.29, 1.82) is 0 Å². The molecule has 0 aromatic heterocycles. The third-order valence-corrected chi connectivity index (χ3v) is 11.4. The number of halogens is 1. The first kappa shape index (κ1) is 30.9. The summed E-state index contributed by atoms with van der Waals surface area (Å²) in [7, 11) is -5.02. The molecule has 4 rings (SSSR count). The van der Waals surface area contributed by atoms with Crippen molar-refractivity contribution < 1.29 is 45.8 Å². The molecular formula is C28H37ClO10S. The minimum Gasteiger partial charge on any atom is -0.457 e. The number of hydrogen-bond acceptors (Lipinski definition) is 9. The molecule has 3 saturated carbocycles. The van der Waals surface area contributed by atoms with Crippen LogP contribution >= 0.6 is 11.6 Å². The van der Waals surface area contributed by atoms with Gasteiger partial charge in [0.1, 0.15) is 6.10 Å². The molecule has 0 aliphatic heterocycles. The average molecular weight is 601 g/mol. The van der Waals surface area contributed by atoms with Crippen LogP contribution in [0.3, 0.4) is 0 Å². The predicted molar refractivity (Wildman–Crippen MR) is 143 cm³/mol. The van der Waals surface area contributed by atoms with Gasteiger partial charge in [-0.3, -0.25) is 23.7 Å². The minimum atomic E-state index is -5.02. The van der Waals surface area contributed by atoms with E-state index in [1.54, 1.807) is 33.8 Å². The Balaban J connectivity index is 1.90. The van der Waals surface area contributed by atoms with Crippen LogP contribution in [0.2, 0.25) is 0 Å². The molecule has 222 valence electrons. The van der Waals surface area contributed by atoms with E-state index in [-0.39, 0.29) is 31.0 Å². The molecule has 0 aromatic carbocycles. The Morgan fingerprint density at radius 1 is 1.12 bits per heavy atom. The molecular weight excluding hydrogens is 564 g/mol. The van der Waals surface area contributed by atoms with Gasteiger partial charge in [0, 0.05) is 29.6 Å². The second kappa shape index (κ2) is 10.3. The summed E-state index contributed by atoms with van der Waals surface area (Å²) in [6.45, 7) is 7.93. The molecule has 10 nitrogen and oxygen atoms in total. The van der Waals surface area contributed by atoms with Crippen LogP contribution in [-0.4, -0.2) is 59.7 Å². The molecule has 4 aliphatic carbocycles. The van der Waals surface area contributed by atoms with Gasteiger partial charge in [-0.05, 0) is 49.7 Å². The maximum absolute atomic E-state index is 14.0. The first-order valence-electron chi connectivity index (χ1n) is 13.7. The van der Waals surface area contributed by atoms with Crippen molar-refractivity contribution in [2.75, 3.05) is 6.61 Å². The Morgan fingerprint density at radius 3 is 2.38 bits per heavy atom. The van der Waals surface area contributed by atoms with Crippen molar-refractivity contribution in [3.63, 3.8) is 0 Å². The van der Waals surface area contributed by atoms with Gasteiger partial charge >= 0.3 is 22.3 Å².